The third-order valence-corrected chi connectivity index (χ3v) is 5.92. The van der Waals surface area contributed by atoms with E-state index in [9.17, 15) is 4.79 Å². The third kappa shape index (κ3) is 5.35. The van der Waals surface area contributed by atoms with E-state index in [1.807, 2.05) is 44.2 Å². The topological polar surface area (TPSA) is 41.6 Å². The number of anilines is 2. The van der Waals surface area contributed by atoms with Crippen LogP contribution >= 0.6 is 0 Å². The second-order valence-corrected chi connectivity index (χ2v) is 10.0. The minimum atomic E-state index is -0.993. The fourth-order valence-electron chi connectivity index (χ4n) is 3.74. The number of carbonyl (C=O) groups excluding carboxylic acids is 1. The number of carbonyl (C=O) groups is 1. The Morgan fingerprint density at radius 3 is 2.17 bits per heavy atom. The van der Waals surface area contributed by atoms with Gasteiger partial charge in [-0.3, -0.25) is 4.79 Å². The van der Waals surface area contributed by atoms with E-state index in [2.05, 4.69) is 56.1 Å². The van der Waals surface area contributed by atoms with Gasteiger partial charge in [0.15, 0.2) is 5.60 Å². The molecule has 0 bridgehead atoms. The van der Waals surface area contributed by atoms with Gasteiger partial charge in [0, 0.05) is 13.1 Å². The van der Waals surface area contributed by atoms with E-state index in [1.165, 1.54) is 18.4 Å². The van der Waals surface area contributed by atoms with Crippen LogP contribution in [0.2, 0.25) is 0 Å². The van der Waals surface area contributed by atoms with Gasteiger partial charge in [0.1, 0.15) is 5.75 Å². The molecule has 0 aliphatic carbocycles. The fraction of sp³-hybridized carbons (Fsp3) is 0.500. The van der Waals surface area contributed by atoms with Crippen molar-refractivity contribution >= 4 is 17.3 Å². The smallest absolute Gasteiger partial charge is 0.268 e. The maximum atomic E-state index is 13.1. The van der Waals surface area contributed by atoms with Crippen molar-refractivity contribution in [2.24, 2.45) is 5.92 Å². The Labute approximate surface area is 181 Å². The van der Waals surface area contributed by atoms with Gasteiger partial charge in [-0.2, -0.15) is 0 Å². The number of ether oxygens (including phenoxy) is 1. The van der Waals surface area contributed by atoms with Crippen LogP contribution in [0.4, 0.5) is 11.4 Å². The standard InChI is InChI=1S/C26H36N2O2/c1-19-15-17-28(18-16-19)23-10-8-7-9-22(23)27-24(29)26(5,6)30-21-13-11-20(12-14-21)25(2,3)4/h7-14,19H,15-18H2,1-6H3,(H,27,29). The molecule has 0 atom stereocenters. The Kier molecular flexibility index (Phi) is 6.44. The number of para-hydroxylation sites is 2. The summed E-state index contributed by atoms with van der Waals surface area (Å²) in [5.74, 6) is 1.31. The summed E-state index contributed by atoms with van der Waals surface area (Å²) >= 11 is 0. The molecule has 0 unspecified atom stereocenters. The van der Waals surface area contributed by atoms with Crippen molar-refractivity contribution < 1.29 is 9.53 Å². The Morgan fingerprint density at radius 2 is 1.57 bits per heavy atom. The number of hydrogen-bond acceptors (Lipinski definition) is 3. The molecule has 0 spiro atoms. The van der Waals surface area contributed by atoms with E-state index in [1.54, 1.807) is 0 Å². The van der Waals surface area contributed by atoms with Crippen LogP contribution in [0.15, 0.2) is 48.5 Å². The Bertz CT molecular complexity index is 857. The molecule has 0 aromatic heterocycles. The predicted octanol–water partition coefficient (Wildman–Crippen LogP) is 6.02. The van der Waals surface area contributed by atoms with Crippen LogP contribution in [0.3, 0.4) is 0 Å². The second kappa shape index (κ2) is 8.71. The zero-order valence-corrected chi connectivity index (χ0v) is 19.3. The molecule has 162 valence electrons. The van der Waals surface area contributed by atoms with Gasteiger partial charge in [-0.25, -0.2) is 0 Å². The summed E-state index contributed by atoms with van der Waals surface area (Å²) < 4.78 is 6.08. The van der Waals surface area contributed by atoms with Gasteiger partial charge in [0.2, 0.25) is 0 Å². The van der Waals surface area contributed by atoms with E-state index in [4.69, 9.17) is 4.74 Å². The number of piperidine rings is 1. The van der Waals surface area contributed by atoms with Crippen LogP contribution in [0.5, 0.6) is 5.75 Å². The zero-order chi connectivity index (χ0) is 21.9. The Balaban J connectivity index is 1.71. The van der Waals surface area contributed by atoms with Gasteiger partial charge < -0.3 is 15.0 Å². The quantitative estimate of drug-likeness (QED) is 0.658. The lowest BCUT2D eigenvalue weighted by molar-refractivity contribution is -0.128. The van der Waals surface area contributed by atoms with E-state index in [0.29, 0.717) is 5.75 Å². The van der Waals surface area contributed by atoms with Gasteiger partial charge >= 0.3 is 0 Å². The van der Waals surface area contributed by atoms with Crippen molar-refractivity contribution in [2.75, 3.05) is 23.3 Å². The summed E-state index contributed by atoms with van der Waals surface area (Å²) in [6.07, 6.45) is 2.36. The third-order valence-electron chi connectivity index (χ3n) is 5.92. The van der Waals surface area contributed by atoms with Gasteiger partial charge in [0.05, 0.1) is 11.4 Å². The molecule has 1 N–H and O–H groups in total. The first kappa shape index (κ1) is 22.2. The van der Waals surface area contributed by atoms with Crippen molar-refractivity contribution in [3.8, 4) is 5.75 Å². The summed E-state index contributed by atoms with van der Waals surface area (Å²) in [6, 6.07) is 16.1. The molecule has 0 radical (unpaired) electrons. The molecule has 0 saturated carbocycles. The lowest BCUT2D eigenvalue weighted by atomic mass is 9.87. The summed E-state index contributed by atoms with van der Waals surface area (Å²) in [7, 11) is 0. The van der Waals surface area contributed by atoms with Crippen LogP contribution in [-0.2, 0) is 10.2 Å². The van der Waals surface area contributed by atoms with Crippen molar-refractivity contribution in [3.63, 3.8) is 0 Å². The Hall–Kier alpha value is -2.49. The van der Waals surface area contributed by atoms with Crippen LogP contribution in [-0.4, -0.2) is 24.6 Å². The normalized spacial score (nSPS) is 15.7. The van der Waals surface area contributed by atoms with Crippen LogP contribution < -0.4 is 15.0 Å². The lowest BCUT2D eigenvalue weighted by Crippen LogP contribution is -2.43. The number of amides is 1. The Morgan fingerprint density at radius 1 is 0.967 bits per heavy atom. The summed E-state index contributed by atoms with van der Waals surface area (Å²) in [6.45, 7) is 14.5. The monoisotopic (exact) mass is 408 g/mol. The maximum absolute atomic E-state index is 13.1. The summed E-state index contributed by atoms with van der Waals surface area (Å²) in [5.41, 5.74) is 2.26. The SMILES string of the molecule is CC1CCN(c2ccccc2NC(=O)C(C)(C)Oc2ccc(C(C)(C)C)cc2)CC1. The minimum absolute atomic E-state index is 0.0847. The maximum Gasteiger partial charge on any atom is 0.268 e. The van der Waals surface area contributed by atoms with Gasteiger partial charge in [-0.1, -0.05) is 52.0 Å². The average Bonchev–Trinajstić information content (AvgIpc) is 2.68. The molecule has 1 amide bonds. The summed E-state index contributed by atoms with van der Waals surface area (Å²) in [4.78, 5) is 15.5. The minimum Gasteiger partial charge on any atom is -0.478 e. The van der Waals surface area contributed by atoms with Crippen LogP contribution in [0.25, 0.3) is 0 Å². The molecule has 1 heterocycles. The van der Waals surface area contributed by atoms with Crippen LogP contribution in [0, 0.1) is 5.92 Å². The first-order chi connectivity index (χ1) is 14.1. The van der Waals surface area contributed by atoms with E-state index < -0.39 is 5.60 Å². The van der Waals surface area contributed by atoms with Gasteiger partial charge in [0.25, 0.3) is 5.91 Å². The predicted molar refractivity (Wildman–Crippen MR) is 126 cm³/mol. The van der Waals surface area contributed by atoms with Gasteiger partial charge in [-0.15, -0.1) is 0 Å². The van der Waals surface area contributed by atoms with Crippen molar-refractivity contribution in [2.45, 2.75) is 65.4 Å². The molecule has 1 aliphatic rings. The van der Waals surface area contributed by atoms with E-state index in [0.717, 1.165) is 30.4 Å². The highest BCUT2D eigenvalue weighted by Crippen LogP contribution is 2.31. The van der Waals surface area contributed by atoms with E-state index >= 15 is 0 Å². The number of rotatable bonds is 5. The molecule has 4 heteroatoms. The highest BCUT2D eigenvalue weighted by Gasteiger charge is 2.31. The molecule has 1 saturated heterocycles. The number of benzene rings is 2. The van der Waals surface area contributed by atoms with E-state index in [-0.39, 0.29) is 11.3 Å². The lowest BCUT2D eigenvalue weighted by Gasteiger charge is -2.34. The molecule has 2 aromatic rings. The number of nitrogens with zero attached hydrogens (tertiary/aromatic N) is 1. The molecular formula is C26H36N2O2. The second-order valence-electron chi connectivity index (χ2n) is 10.0. The largest absolute Gasteiger partial charge is 0.478 e. The molecule has 1 aliphatic heterocycles. The van der Waals surface area contributed by atoms with Crippen LogP contribution in [0.1, 0.15) is 59.9 Å². The van der Waals surface area contributed by atoms with Crippen molar-refractivity contribution in [3.05, 3.63) is 54.1 Å². The first-order valence-corrected chi connectivity index (χ1v) is 11.0. The number of hydrogen-bond donors (Lipinski definition) is 1. The number of nitrogens with one attached hydrogen (secondary N) is 1. The van der Waals surface area contributed by atoms with Gasteiger partial charge in [-0.05, 0) is 67.9 Å². The molecule has 4 nitrogen and oxygen atoms in total. The highest BCUT2D eigenvalue weighted by molar-refractivity contribution is 5.99. The van der Waals surface area contributed by atoms with Crippen molar-refractivity contribution in [1.82, 2.24) is 0 Å². The average molecular weight is 409 g/mol. The molecular weight excluding hydrogens is 372 g/mol. The summed E-state index contributed by atoms with van der Waals surface area (Å²) in [5, 5.41) is 3.11. The highest BCUT2D eigenvalue weighted by atomic mass is 16.5. The zero-order valence-electron chi connectivity index (χ0n) is 19.3. The molecule has 2 aromatic carbocycles. The molecule has 3 rings (SSSR count). The first-order valence-electron chi connectivity index (χ1n) is 11.0. The molecule has 30 heavy (non-hydrogen) atoms. The fourth-order valence-corrected chi connectivity index (χ4v) is 3.74. The van der Waals surface area contributed by atoms with Crippen molar-refractivity contribution in [1.29, 1.82) is 0 Å². The molecule has 1 fully saturated rings.